The number of thioether (sulfide) groups is 1. The smallest absolute Gasteiger partial charge is 0.244 e. The van der Waals surface area contributed by atoms with Crippen molar-refractivity contribution in [3.05, 3.63) is 42.5 Å². The van der Waals surface area contributed by atoms with Crippen molar-refractivity contribution in [2.45, 2.75) is 11.3 Å². The molecule has 0 unspecified atom stereocenters. The number of amides is 2. The first-order valence-corrected chi connectivity index (χ1v) is 9.15. The Bertz CT molecular complexity index is 825. The van der Waals surface area contributed by atoms with Crippen LogP contribution in [0.3, 0.4) is 0 Å². The van der Waals surface area contributed by atoms with E-state index >= 15 is 0 Å². The lowest BCUT2D eigenvalue weighted by atomic mass is 10.2. The fraction of sp³-hybridized carbons (Fsp3) is 0.263. The van der Waals surface area contributed by atoms with Crippen LogP contribution in [0, 0.1) is 0 Å². The van der Waals surface area contributed by atoms with Gasteiger partial charge in [0.2, 0.25) is 11.8 Å². The molecule has 0 atom stereocenters. The number of nitrogens with zero attached hydrogens (tertiary/aromatic N) is 1. The number of benzene rings is 2. The molecule has 2 aromatic carbocycles. The van der Waals surface area contributed by atoms with E-state index in [1.165, 1.54) is 12.0 Å². The SMILES string of the molecule is COc1ccc(OC)c(NC(=O)CN2C(=O)CCSc3ccccc32)c1. The van der Waals surface area contributed by atoms with Gasteiger partial charge >= 0.3 is 0 Å². The second-order valence-electron chi connectivity index (χ2n) is 5.66. The van der Waals surface area contributed by atoms with Gasteiger partial charge in [-0.1, -0.05) is 12.1 Å². The summed E-state index contributed by atoms with van der Waals surface area (Å²) < 4.78 is 10.5. The molecule has 7 heteroatoms. The zero-order valence-electron chi connectivity index (χ0n) is 14.7. The summed E-state index contributed by atoms with van der Waals surface area (Å²) in [5.74, 6) is 1.48. The Morgan fingerprint density at radius 1 is 1.19 bits per heavy atom. The number of rotatable bonds is 5. The molecule has 2 aromatic rings. The van der Waals surface area contributed by atoms with Crippen molar-refractivity contribution in [1.82, 2.24) is 0 Å². The maximum atomic E-state index is 12.6. The molecule has 1 aliphatic heterocycles. The maximum Gasteiger partial charge on any atom is 0.244 e. The molecule has 0 bridgehead atoms. The van der Waals surface area contributed by atoms with E-state index in [4.69, 9.17) is 9.47 Å². The molecule has 0 radical (unpaired) electrons. The van der Waals surface area contributed by atoms with Gasteiger partial charge in [0.15, 0.2) is 0 Å². The Morgan fingerprint density at radius 3 is 2.77 bits per heavy atom. The normalized spacial score (nSPS) is 13.6. The monoisotopic (exact) mass is 372 g/mol. The van der Waals surface area contributed by atoms with E-state index in [0.717, 1.165) is 10.6 Å². The van der Waals surface area contributed by atoms with Gasteiger partial charge in [0.05, 0.1) is 25.6 Å². The predicted octanol–water partition coefficient (Wildman–Crippen LogP) is 3.17. The molecule has 2 amide bonds. The van der Waals surface area contributed by atoms with E-state index in [9.17, 15) is 9.59 Å². The lowest BCUT2D eigenvalue weighted by Crippen LogP contribution is -2.38. The molecular weight excluding hydrogens is 352 g/mol. The summed E-state index contributed by atoms with van der Waals surface area (Å²) in [6.45, 7) is -0.0588. The number of para-hydroxylation sites is 1. The highest BCUT2D eigenvalue weighted by atomic mass is 32.2. The molecule has 0 fully saturated rings. The topological polar surface area (TPSA) is 67.9 Å². The molecule has 1 heterocycles. The van der Waals surface area contributed by atoms with Gasteiger partial charge in [-0.2, -0.15) is 0 Å². The molecule has 26 heavy (non-hydrogen) atoms. The Kier molecular flexibility index (Phi) is 5.68. The lowest BCUT2D eigenvalue weighted by molar-refractivity contribution is -0.121. The van der Waals surface area contributed by atoms with Crippen molar-refractivity contribution in [2.75, 3.05) is 36.7 Å². The minimum Gasteiger partial charge on any atom is -0.497 e. The molecule has 0 aliphatic carbocycles. The van der Waals surface area contributed by atoms with E-state index in [0.29, 0.717) is 29.4 Å². The largest absolute Gasteiger partial charge is 0.497 e. The minimum atomic E-state index is -0.299. The fourth-order valence-corrected chi connectivity index (χ4v) is 3.74. The van der Waals surface area contributed by atoms with Crippen LogP contribution >= 0.6 is 11.8 Å². The van der Waals surface area contributed by atoms with Crippen molar-refractivity contribution in [2.24, 2.45) is 0 Å². The molecule has 3 rings (SSSR count). The van der Waals surface area contributed by atoms with Gasteiger partial charge in [0.1, 0.15) is 18.0 Å². The summed E-state index contributed by atoms with van der Waals surface area (Å²) in [5, 5.41) is 2.81. The summed E-state index contributed by atoms with van der Waals surface area (Å²) in [4.78, 5) is 27.6. The first kappa shape index (κ1) is 18.1. The maximum absolute atomic E-state index is 12.6. The highest BCUT2D eigenvalue weighted by Gasteiger charge is 2.24. The van der Waals surface area contributed by atoms with Crippen LogP contribution in [0.15, 0.2) is 47.4 Å². The highest BCUT2D eigenvalue weighted by molar-refractivity contribution is 7.99. The molecule has 136 valence electrons. The molecule has 1 aliphatic rings. The van der Waals surface area contributed by atoms with Crippen LogP contribution in [0.5, 0.6) is 11.5 Å². The van der Waals surface area contributed by atoms with Crippen LogP contribution in [-0.2, 0) is 9.59 Å². The number of hydrogen-bond acceptors (Lipinski definition) is 5. The van der Waals surface area contributed by atoms with Crippen molar-refractivity contribution < 1.29 is 19.1 Å². The van der Waals surface area contributed by atoms with Gasteiger partial charge in [0.25, 0.3) is 0 Å². The molecule has 0 saturated heterocycles. The standard InChI is InChI=1S/C19H20N2O4S/c1-24-13-7-8-16(25-2)14(11-13)20-18(22)12-21-15-5-3-4-6-17(15)26-10-9-19(21)23/h3-8,11H,9-10,12H2,1-2H3,(H,20,22). The van der Waals surface area contributed by atoms with Crippen molar-refractivity contribution >= 4 is 35.0 Å². The Labute approximate surface area is 156 Å². The van der Waals surface area contributed by atoms with Crippen molar-refractivity contribution in [3.63, 3.8) is 0 Å². The van der Waals surface area contributed by atoms with Gasteiger partial charge in [0, 0.05) is 23.1 Å². The molecule has 0 aromatic heterocycles. The predicted molar refractivity (Wildman–Crippen MR) is 102 cm³/mol. The minimum absolute atomic E-state index is 0.0588. The average Bonchev–Trinajstić information content (AvgIpc) is 2.81. The number of carbonyl (C=O) groups is 2. The van der Waals surface area contributed by atoms with E-state index in [1.54, 1.807) is 37.1 Å². The quantitative estimate of drug-likeness (QED) is 0.873. The number of nitrogens with one attached hydrogen (secondary N) is 1. The summed E-state index contributed by atoms with van der Waals surface area (Å²) in [6, 6.07) is 12.8. The zero-order valence-corrected chi connectivity index (χ0v) is 15.5. The van der Waals surface area contributed by atoms with Crippen molar-refractivity contribution in [3.8, 4) is 11.5 Å². The zero-order chi connectivity index (χ0) is 18.5. The second-order valence-corrected chi connectivity index (χ2v) is 6.80. The molecule has 6 nitrogen and oxygen atoms in total. The van der Waals surface area contributed by atoms with E-state index < -0.39 is 0 Å². The summed E-state index contributed by atoms with van der Waals surface area (Å²) in [6.07, 6.45) is 0.398. The third-order valence-corrected chi connectivity index (χ3v) is 5.08. The van der Waals surface area contributed by atoms with Crippen LogP contribution in [0.2, 0.25) is 0 Å². The summed E-state index contributed by atoms with van der Waals surface area (Å²) in [5.41, 5.74) is 1.27. The molecule has 1 N–H and O–H groups in total. The van der Waals surface area contributed by atoms with Gasteiger partial charge < -0.3 is 19.7 Å². The van der Waals surface area contributed by atoms with Crippen LogP contribution in [0.1, 0.15) is 6.42 Å². The second kappa shape index (κ2) is 8.14. The van der Waals surface area contributed by atoms with Gasteiger partial charge in [-0.15, -0.1) is 11.8 Å². The number of hydrogen-bond donors (Lipinski definition) is 1. The Balaban J connectivity index is 1.81. The van der Waals surface area contributed by atoms with E-state index in [2.05, 4.69) is 5.32 Å². The number of carbonyl (C=O) groups excluding carboxylic acids is 2. The van der Waals surface area contributed by atoms with Crippen LogP contribution in [0.4, 0.5) is 11.4 Å². The van der Waals surface area contributed by atoms with Crippen LogP contribution in [0.25, 0.3) is 0 Å². The fourth-order valence-electron chi connectivity index (χ4n) is 2.74. The number of anilines is 2. The molecule has 0 spiro atoms. The van der Waals surface area contributed by atoms with Gasteiger partial charge in [-0.3, -0.25) is 9.59 Å². The summed E-state index contributed by atoms with van der Waals surface area (Å²) in [7, 11) is 3.08. The summed E-state index contributed by atoms with van der Waals surface area (Å²) >= 11 is 1.63. The highest BCUT2D eigenvalue weighted by Crippen LogP contribution is 2.34. The molecule has 0 saturated carbocycles. The molecular formula is C19H20N2O4S. The first-order chi connectivity index (χ1) is 12.6. The Hall–Kier alpha value is -2.67. The van der Waals surface area contributed by atoms with Gasteiger partial charge in [-0.25, -0.2) is 0 Å². The average molecular weight is 372 g/mol. The van der Waals surface area contributed by atoms with Crippen LogP contribution < -0.4 is 19.7 Å². The number of methoxy groups -OCH3 is 2. The van der Waals surface area contributed by atoms with E-state index in [1.807, 2.05) is 24.3 Å². The Morgan fingerprint density at radius 2 is 2.00 bits per heavy atom. The van der Waals surface area contributed by atoms with Gasteiger partial charge in [-0.05, 0) is 24.3 Å². The first-order valence-electron chi connectivity index (χ1n) is 8.16. The number of fused-ring (bicyclic) bond motifs is 1. The number of ether oxygens (including phenoxy) is 2. The van der Waals surface area contributed by atoms with Crippen LogP contribution in [-0.4, -0.2) is 38.3 Å². The van der Waals surface area contributed by atoms with E-state index in [-0.39, 0.29) is 18.4 Å². The van der Waals surface area contributed by atoms with Crippen molar-refractivity contribution in [1.29, 1.82) is 0 Å². The third-order valence-electron chi connectivity index (χ3n) is 4.01. The third kappa shape index (κ3) is 3.94. The lowest BCUT2D eigenvalue weighted by Gasteiger charge is -2.22.